The van der Waals surface area contributed by atoms with E-state index in [0.717, 1.165) is 18.4 Å². The predicted octanol–water partition coefficient (Wildman–Crippen LogP) is 2.45. The topological polar surface area (TPSA) is 75.6 Å². The Morgan fingerprint density at radius 1 is 1.40 bits per heavy atom. The summed E-state index contributed by atoms with van der Waals surface area (Å²) >= 11 is 0. The number of carbonyl (C=O) groups is 2. The average molecular weight is 277 g/mol. The maximum absolute atomic E-state index is 12.3. The minimum Gasteiger partial charge on any atom is -0.478 e. The zero-order valence-corrected chi connectivity index (χ0v) is 11.7. The Labute approximate surface area is 117 Å². The molecule has 2 N–H and O–H groups in total. The van der Waals surface area contributed by atoms with Crippen LogP contribution in [0, 0.1) is 12.3 Å². The van der Waals surface area contributed by atoms with Crippen molar-refractivity contribution < 1.29 is 19.4 Å². The monoisotopic (exact) mass is 277 g/mol. The number of ether oxygens (including phenoxy) is 1. The first-order chi connectivity index (χ1) is 9.48. The molecule has 0 bridgehead atoms. The first kappa shape index (κ1) is 14.5. The van der Waals surface area contributed by atoms with Crippen molar-refractivity contribution in [1.82, 2.24) is 0 Å². The van der Waals surface area contributed by atoms with Gasteiger partial charge < -0.3 is 15.2 Å². The van der Waals surface area contributed by atoms with Crippen molar-refractivity contribution in [3.8, 4) is 0 Å². The van der Waals surface area contributed by atoms with Crippen LogP contribution in [0.1, 0.15) is 35.7 Å². The molecule has 5 nitrogen and oxygen atoms in total. The van der Waals surface area contributed by atoms with Gasteiger partial charge in [-0.3, -0.25) is 4.79 Å². The molecule has 0 heterocycles. The second-order valence-electron chi connectivity index (χ2n) is 5.21. The third kappa shape index (κ3) is 2.99. The van der Waals surface area contributed by atoms with Crippen LogP contribution in [0.5, 0.6) is 0 Å². The highest BCUT2D eigenvalue weighted by molar-refractivity contribution is 5.99. The molecule has 2 rings (SSSR count). The Morgan fingerprint density at radius 2 is 2.10 bits per heavy atom. The molecule has 0 aliphatic heterocycles. The Balaban J connectivity index is 2.11. The molecule has 0 atom stereocenters. The number of aromatic carboxylic acids is 1. The maximum Gasteiger partial charge on any atom is 0.335 e. The van der Waals surface area contributed by atoms with Crippen LogP contribution in [-0.2, 0) is 9.53 Å². The van der Waals surface area contributed by atoms with Gasteiger partial charge in [-0.2, -0.15) is 0 Å². The van der Waals surface area contributed by atoms with E-state index in [4.69, 9.17) is 9.84 Å². The SMILES string of the molecule is CCOCC1(C(=O)Nc2cc(C(=O)O)ccc2C)CC1. The van der Waals surface area contributed by atoms with Crippen LogP contribution in [0.3, 0.4) is 0 Å². The summed E-state index contributed by atoms with van der Waals surface area (Å²) < 4.78 is 5.36. The van der Waals surface area contributed by atoms with Gasteiger partial charge in [-0.25, -0.2) is 4.79 Å². The molecule has 1 aromatic carbocycles. The van der Waals surface area contributed by atoms with Gasteiger partial charge in [-0.05, 0) is 44.4 Å². The van der Waals surface area contributed by atoms with E-state index in [1.165, 1.54) is 12.1 Å². The van der Waals surface area contributed by atoms with Crippen molar-refractivity contribution in [1.29, 1.82) is 0 Å². The molecule has 0 saturated heterocycles. The highest BCUT2D eigenvalue weighted by Gasteiger charge is 2.50. The molecule has 20 heavy (non-hydrogen) atoms. The second-order valence-corrected chi connectivity index (χ2v) is 5.21. The normalized spacial score (nSPS) is 15.7. The third-order valence-electron chi connectivity index (χ3n) is 3.65. The summed E-state index contributed by atoms with van der Waals surface area (Å²) in [6.07, 6.45) is 1.63. The minimum absolute atomic E-state index is 0.0865. The molecule has 0 radical (unpaired) electrons. The molecule has 1 amide bonds. The Kier molecular flexibility index (Phi) is 4.09. The molecule has 1 aliphatic carbocycles. The summed E-state index contributed by atoms with van der Waals surface area (Å²) in [4.78, 5) is 23.3. The van der Waals surface area contributed by atoms with Gasteiger partial charge in [0.05, 0.1) is 17.6 Å². The van der Waals surface area contributed by atoms with E-state index >= 15 is 0 Å². The molecule has 1 aliphatic rings. The van der Waals surface area contributed by atoms with Gasteiger partial charge in [0, 0.05) is 12.3 Å². The van der Waals surface area contributed by atoms with Crippen molar-refractivity contribution in [3.63, 3.8) is 0 Å². The summed E-state index contributed by atoms with van der Waals surface area (Å²) in [7, 11) is 0. The van der Waals surface area contributed by atoms with Gasteiger partial charge in [-0.15, -0.1) is 0 Å². The highest BCUT2D eigenvalue weighted by atomic mass is 16.5. The lowest BCUT2D eigenvalue weighted by molar-refractivity contribution is -0.123. The molecule has 1 aromatic rings. The van der Waals surface area contributed by atoms with E-state index in [0.29, 0.717) is 18.9 Å². The molecule has 108 valence electrons. The smallest absolute Gasteiger partial charge is 0.335 e. The first-order valence-corrected chi connectivity index (χ1v) is 6.72. The molecule has 5 heteroatoms. The van der Waals surface area contributed by atoms with E-state index < -0.39 is 11.4 Å². The predicted molar refractivity (Wildman–Crippen MR) is 74.9 cm³/mol. The first-order valence-electron chi connectivity index (χ1n) is 6.72. The van der Waals surface area contributed by atoms with Crippen molar-refractivity contribution in [2.45, 2.75) is 26.7 Å². The summed E-state index contributed by atoms with van der Waals surface area (Å²) in [5.41, 5.74) is 1.13. The summed E-state index contributed by atoms with van der Waals surface area (Å²) in [6.45, 7) is 4.74. The highest BCUT2D eigenvalue weighted by Crippen LogP contribution is 2.46. The number of hydrogen-bond acceptors (Lipinski definition) is 3. The summed E-state index contributed by atoms with van der Waals surface area (Å²) in [6, 6.07) is 4.72. The van der Waals surface area contributed by atoms with Crippen LogP contribution < -0.4 is 5.32 Å². The fourth-order valence-electron chi connectivity index (χ4n) is 2.03. The van der Waals surface area contributed by atoms with Gasteiger partial charge >= 0.3 is 5.97 Å². The largest absolute Gasteiger partial charge is 0.478 e. The van der Waals surface area contributed by atoms with Gasteiger partial charge in [-0.1, -0.05) is 6.07 Å². The molecule has 1 saturated carbocycles. The number of benzene rings is 1. The van der Waals surface area contributed by atoms with Crippen molar-refractivity contribution in [3.05, 3.63) is 29.3 Å². The lowest BCUT2D eigenvalue weighted by Gasteiger charge is -2.16. The summed E-state index contributed by atoms with van der Waals surface area (Å²) in [5.74, 6) is -1.09. The van der Waals surface area contributed by atoms with Gasteiger partial charge in [0.2, 0.25) is 5.91 Å². The Hall–Kier alpha value is -1.88. The lowest BCUT2D eigenvalue weighted by Crippen LogP contribution is -2.28. The molecule has 0 aromatic heterocycles. The lowest BCUT2D eigenvalue weighted by atomic mass is 10.1. The zero-order valence-electron chi connectivity index (χ0n) is 11.7. The number of carboxylic acid groups (broad SMARTS) is 1. The Bertz CT molecular complexity index is 535. The van der Waals surface area contributed by atoms with E-state index in [-0.39, 0.29) is 11.5 Å². The van der Waals surface area contributed by atoms with E-state index in [2.05, 4.69) is 5.32 Å². The number of hydrogen-bond donors (Lipinski definition) is 2. The number of carboxylic acids is 1. The van der Waals surface area contributed by atoms with Crippen LogP contribution in [-0.4, -0.2) is 30.2 Å². The minimum atomic E-state index is -1.00. The van der Waals surface area contributed by atoms with E-state index in [1.54, 1.807) is 6.07 Å². The molecule has 0 unspecified atom stereocenters. The molecule has 0 spiro atoms. The van der Waals surface area contributed by atoms with Crippen molar-refractivity contribution in [2.24, 2.45) is 5.41 Å². The second kappa shape index (κ2) is 5.63. The number of amides is 1. The fraction of sp³-hybridized carbons (Fsp3) is 0.467. The molecule has 1 fully saturated rings. The molecular formula is C15H19NO4. The van der Waals surface area contributed by atoms with Gasteiger partial charge in [0.15, 0.2) is 0 Å². The van der Waals surface area contributed by atoms with E-state index in [9.17, 15) is 9.59 Å². The summed E-state index contributed by atoms with van der Waals surface area (Å²) in [5, 5.41) is 11.8. The number of aryl methyl sites for hydroxylation is 1. The fourth-order valence-corrected chi connectivity index (χ4v) is 2.03. The number of carbonyl (C=O) groups excluding carboxylic acids is 1. The quantitative estimate of drug-likeness (QED) is 0.837. The standard InChI is InChI=1S/C15H19NO4/c1-3-20-9-15(6-7-15)14(19)16-12-8-11(13(17)18)5-4-10(12)2/h4-5,8H,3,6-7,9H2,1-2H3,(H,16,19)(H,17,18). The van der Waals surface area contributed by atoms with Crippen LogP contribution in [0.25, 0.3) is 0 Å². The van der Waals surface area contributed by atoms with Crippen LogP contribution in [0.4, 0.5) is 5.69 Å². The zero-order chi connectivity index (χ0) is 14.8. The van der Waals surface area contributed by atoms with Crippen molar-refractivity contribution >= 4 is 17.6 Å². The number of rotatable bonds is 6. The maximum atomic E-state index is 12.3. The van der Waals surface area contributed by atoms with Gasteiger partial charge in [0.1, 0.15) is 0 Å². The van der Waals surface area contributed by atoms with Crippen molar-refractivity contribution in [2.75, 3.05) is 18.5 Å². The Morgan fingerprint density at radius 3 is 2.65 bits per heavy atom. The van der Waals surface area contributed by atoms with Crippen LogP contribution >= 0.6 is 0 Å². The van der Waals surface area contributed by atoms with Gasteiger partial charge in [0.25, 0.3) is 0 Å². The van der Waals surface area contributed by atoms with Crippen LogP contribution in [0.2, 0.25) is 0 Å². The number of anilines is 1. The van der Waals surface area contributed by atoms with E-state index in [1.807, 2.05) is 13.8 Å². The molecular weight excluding hydrogens is 258 g/mol. The number of nitrogens with one attached hydrogen (secondary N) is 1. The van der Waals surface area contributed by atoms with Crippen LogP contribution in [0.15, 0.2) is 18.2 Å². The average Bonchev–Trinajstić information content (AvgIpc) is 3.19. The third-order valence-corrected chi connectivity index (χ3v) is 3.65.